The smallest absolute Gasteiger partial charge is 0.236 e. The molecule has 1 heterocycles. The third kappa shape index (κ3) is 3.87. The van der Waals surface area contributed by atoms with Crippen molar-refractivity contribution in [2.75, 3.05) is 18.0 Å². The van der Waals surface area contributed by atoms with E-state index in [1.165, 1.54) is 6.42 Å². The molecule has 1 aromatic carbocycles. The van der Waals surface area contributed by atoms with E-state index >= 15 is 0 Å². The van der Waals surface area contributed by atoms with E-state index in [4.69, 9.17) is 0 Å². The van der Waals surface area contributed by atoms with Gasteiger partial charge in [-0.1, -0.05) is 25.1 Å². The van der Waals surface area contributed by atoms with Crippen LogP contribution in [0.5, 0.6) is 0 Å². The fraction of sp³-hybridized carbons (Fsp3) is 0.556. The zero-order valence-electron chi connectivity index (χ0n) is 13.6. The highest BCUT2D eigenvalue weighted by Crippen LogP contribution is 2.21. The van der Waals surface area contributed by atoms with Crippen LogP contribution in [0.3, 0.4) is 0 Å². The predicted molar refractivity (Wildman–Crippen MR) is 88.7 cm³/mol. The molecule has 4 nitrogen and oxygen atoms in total. The van der Waals surface area contributed by atoms with Gasteiger partial charge in [-0.3, -0.25) is 9.59 Å². The molecule has 1 atom stereocenters. The van der Waals surface area contributed by atoms with E-state index in [0.717, 1.165) is 31.5 Å². The summed E-state index contributed by atoms with van der Waals surface area (Å²) in [6.45, 7) is 5.42. The lowest BCUT2D eigenvalue weighted by Crippen LogP contribution is -2.45. The molecule has 0 aromatic heterocycles. The van der Waals surface area contributed by atoms with E-state index in [0.29, 0.717) is 12.6 Å². The van der Waals surface area contributed by atoms with Gasteiger partial charge in [-0.15, -0.1) is 0 Å². The van der Waals surface area contributed by atoms with Crippen LogP contribution in [-0.4, -0.2) is 35.8 Å². The largest absolute Gasteiger partial charge is 0.339 e. The van der Waals surface area contributed by atoms with Crippen LogP contribution in [0.2, 0.25) is 0 Å². The first-order valence-electron chi connectivity index (χ1n) is 8.32. The molecule has 120 valence electrons. The highest BCUT2D eigenvalue weighted by Gasteiger charge is 2.28. The molecule has 1 unspecified atom stereocenters. The van der Waals surface area contributed by atoms with Crippen LogP contribution in [0, 0.1) is 0 Å². The number of nitrogens with zero attached hydrogens (tertiary/aromatic N) is 2. The monoisotopic (exact) mass is 302 g/mol. The molecule has 1 aliphatic rings. The van der Waals surface area contributed by atoms with Crippen LogP contribution < -0.4 is 4.90 Å². The first-order valence-corrected chi connectivity index (χ1v) is 8.32. The van der Waals surface area contributed by atoms with E-state index in [1.54, 1.807) is 4.90 Å². The van der Waals surface area contributed by atoms with Crippen LogP contribution in [0.4, 0.5) is 5.69 Å². The topological polar surface area (TPSA) is 40.6 Å². The maximum atomic E-state index is 12.5. The molecule has 0 aliphatic carbocycles. The summed E-state index contributed by atoms with van der Waals surface area (Å²) in [6.07, 6.45) is 4.23. The average molecular weight is 302 g/mol. The van der Waals surface area contributed by atoms with Gasteiger partial charge in [0.2, 0.25) is 11.8 Å². The number of benzene rings is 1. The van der Waals surface area contributed by atoms with E-state index in [1.807, 2.05) is 42.2 Å². The number of hydrogen-bond donors (Lipinski definition) is 0. The summed E-state index contributed by atoms with van der Waals surface area (Å²) >= 11 is 0. The summed E-state index contributed by atoms with van der Waals surface area (Å²) in [7, 11) is 0. The Bertz CT molecular complexity index is 501. The average Bonchev–Trinajstić information content (AvgIpc) is 2.56. The van der Waals surface area contributed by atoms with Crippen molar-refractivity contribution in [1.29, 1.82) is 0 Å². The summed E-state index contributed by atoms with van der Waals surface area (Å²) in [5, 5.41) is 0. The van der Waals surface area contributed by atoms with Crippen molar-refractivity contribution >= 4 is 17.5 Å². The molecule has 2 amide bonds. The van der Waals surface area contributed by atoms with Gasteiger partial charge in [0.1, 0.15) is 6.42 Å². The Labute approximate surface area is 133 Å². The Hall–Kier alpha value is -1.84. The predicted octanol–water partition coefficient (Wildman–Crippen LogP) is 3.22. The molecule has 0 spiro atoms. The Morgan fingerprint density at radius 2 is 1.91 bits per heavy atom. The number of carbonyl (C=O) groups is 2. The van der Waals surface area contributed by atoms with Crippen LogP contribution in [0.1, 0.15) is 46.0 Å². The molecule has 22 heavy (non-hydrogen) atoms. The van der Waals surface area contributed by atoms with Crippen molar-refractivity contribution in [3.63, 3.8) is 0 Å². The Balaban J connectivity index is 2.02. The van der Waals surface area contributed by atoms with Crippen molar-refractivity contribution in [1.82, 2.24) is 4.90 Å². The van der Waals surface area contributed by atoms with Gasteiger partial charge in [0.25, 0.3) is 0 Å². The number of anilines is 1. The van der Waals surface area contributed by atoms with Gasteiger partial charge in [-0.05, 0) is 44.7 Å². The van der Waals surface area contributed by atoms with Gasteiger partial charge in [-0.2, -0.15) is 0 Å². The number of carbonyl (C=O) groups excluding carboxylic acids is 2. The third-order valence-corrected chi connectivity index (χ3v) is 4.41. The highest BCUT2D eigenvalue weighted by molar-refractivity contribution is 6.05. The fourth-order valence-electron chi connectivity index (χ4n) is 3.19. The summed E-state index contributed by atoms with van der Waals surface area (Å²) < 4.78 is 0. The summed E-state index contributed by atoms with van der Waals surface area (Å²) in [6, 6.07) is 9.85. The second-order valence-electron chi connectivity index (χ2n) is 5.80. The zero-order valence-corrected chi connectivity index (χ0v) is 13.6. The van der Waals surface area contributed by atoms with E-state index in [9.17, 15) is 9.59 Å². The molecule has 1 fully saturated rings. The lowest BCUT2D eigenvalue weighted by atomic mass is 9.99. The fourth-order valence-corrected chi connectivity index (χ4v) is 3.19. The van der Waals surface area contributed by atoms with E-state index < -0.39 is 0 Å². The Morgan fingerprint density at radius 1 is 1.18 bits per heavy atom. The molecular formula is C18H26N2O2. The SMILES string of the molecule is CCC1CCCCN1C(=O)CC(=O)N(CC)c1ccccc1. The summed E-state index contributed by atoms with van der Waals surface area (Å²) in [4.78, 5) is 28.6. The number of hydrogen-bond acceptors (Lipinski definition) is 2. The number of para-hydroxylation sites is 1. The minimum atomic E-state index is -0.112. The first-order chi connectivity index (χ1) is 10.7. The van der Waals surface area contributed by atoms with Gasteiger partial charge in [0.05, 0.1) is 0 Å². The number of likely N-dealkylation sites (tertiary alicyclic amines) is 1. The summed E-state index contributed by atoms with van der Waals surface area (Å²) in [5.41, 5.74) is 0.855. The molecule has 0 radical (unpaired) electrons. The van der Waals surface area contributed by atoms with Gasteiger partial charge in [0, 0.05) is 24.8 Å². The standard InChI is InChI=1S/C18H26N2O2/c1-3-15-10-8-9-13-20(15)18(22)14-17(21)19(4-2)16-11-6-5-7-12-16/h5-7,11-12,15H,3-4,8-10,13-14H2,1-2H3. The lowest BCUT2D eigenvalue weighted by molar-refractivity contribution is -0.138. The third-order valence-electron chi connectivity index (χ3n) is 4.41. The molecule has 0 bridgehead atoms. The molecule has 0 saturated carbocycles. The first kappa shape index (κ1) is 16.5. The van der Waals surface area contributed by atoms with E-state index in [-0.39, 0.29) is 18.2 Å². The maximum absolute atomic E-state index is 12.5. The van der Waals surface area contributed by atoms with Gasteiger partial charge >= 0.3 is 0 Å². The molecule has 1 saturated heterocycles. The van der Waals surface area contributed by atoms with Crippen LogP contribution in [0.15, 0.2) is 30.3 Å². The van der Waals surface area contributed by atoms with Crippen LogP contribution in [0.25, 0.3) is 0 Å². The number of rotatable bonds is 5. The minimum absolute atomic E-state index is 0.0223. The normalized spacial score (nSPS) is 18.1. The molecular weight excluding hydrogens is 276 g/mol. The Kier molecular flexibility index (Phi) is 5.99. The van der Waals surface area contributed by atoms with Crippen molar-refractivity contribution in [3.8, 4) is 0 Å². The quantitative estimate of drug-likeness (QED) is 0.784. The molecule has 4 heteroatoms. The molecule has 2 rings (SSSR count). The van der Waals surface area contributed by atoms with Gasteiger partial charge in [0.15, 0.2) is 0 Å². The maximum Gasteiger partial charge on any atom is 0.236 e. The second-order valence-corrected chi connectivity index (χ2v) is 5.80. The van der Waals surface area contributed by atoms with Crippen molar-refractivity contribution < 1.29 is 9.59 Å². The minimum Gasteiger partial charge on any atom is -0.339 e. The van der Waals surface area contributed by atoms with Crippen molar-refractivity contribution in [2.24, 2.45) is 0 Å². The molecule has 1 aliphatic heterocycles. The van der Waals surface area contributed by atoms with Crippen molar-refractivity contribution in [3.05, 3.63) is 30.3 Å². The number of amides is 2. The molecule has 0 N–H and O–H groups in total. The molecule has 1 aromatic rings. The van der Waals surface area contributed by atoms with Crippen molar-refractivity contribution in [2.45, 2.75) is 52.0 Å². The lowest BCUT2D eigenvalue weighted by Gasteiger charge is -2.35. The highest BCUT2D eigenvalue weighted by atomic mass is 16.2. The number of piperidine rings is 1. The van der Waals surface area contributed by atoms with Crippen LogP contribution >= 0.6 is 0 Å². The second kappa shape index (κ2) is 7.97. The van der Waals surface area contributed by atoms with Gasteiger partial charge in [-0.25, -0.2) is 0 Å². The zero-order chi connectivity index (χ0) is 15.9. The van der Waals surface area contributed by atoms with Crippen LogP contribution in [-0.2, 0) is 9.59 Å². The summed E-state index contributed by atoms with van der Waals surface area (Å²) in [5.74, 6) is -0.134. The Morgan fingerprint density at radius 3 is 2.55 bits per heavy atom. The van der Waals surface area contributed by atoms with Gasteiger partial charge < -0.3 is 9.80 Å². The van der Waals surface area contributed by atoms with E-state index in [2.05, 4.69) is 6.92 Å².